The van der Waals surface area contributed by atoms with Gasteiger partial charge in [0.05, 0.1) is 6.54 Å². The molecule has 0 atom stereocenters. The molecule has 0 bridgehead atoms. The highest BCUT2D eigenvalue weighted by Gasteiger charge is 2.06. The summed E-state index contributed by atoms with van der Waals surface area (Å²) in [6.07, 6.45) is 3.72. The summed E-state index contributed by atoms with van der Waals surface area (Å²) in [6.45, 7) is 2.37. The van der Waals surface area contributed by atoms with E-state index in [1.54, 1.807) is 37.5 Å². The van der Waals surface area contributed by atoms with Crippen molar-refractivity contribution in [1.82, 2.24) is 25.7 Å². The van der Waals surface area contributed by atoms with Crippen molar-refractivity contribution in [3.05, 3.63) is 88.7 Å². The summed E-state index contributed by atoms with van der Waals surface area (Å²) in [5.74, 6) is 0.536. The van der Waals surface area contributed by atoms with Crippen LogP contribution in [0.5, 0.6) is 0 Å². The first-order valence-corrected chi connectivity index (χ1v) is 10.1. The Morgan fingerprint density at radius 2 is 1.71 bits per heavy atom. The van der Waals surface area contributed by atoms with Gasteiger partial charge < -0.3 is 16.0 Å². The fraction of sp³-hybridized carbons (Fsp3) is 0.227. The van der Waals surface area contributed by atoms with Crippen molar-refractivity contribution in [2.24, 2.45) is 4.99 Å². The highest BCUT2D eigenvalue weighted by molar-refractivity contribution is 14.0. The normalized spacial score (nSPS) is 10.8. The van der Waals surface area contributed by atoms with E-state index in [1.807, 2.05) is 29.1 Å². The van der Waals surface area contributed by atoms with Crippen LogP contribution >= 0.6 is 35.6 Å². The Morgan fingerprint density at radius 1 is 1.00 bits per heavy atom. The van der Waals surface area contributed by atoms with E-state index in [2.05, 4.69) is 38.2 Å². The molecule has 1 amide bonds. The third-order valence-corrected chi connectivity index (χ3v) is 4.74. The second-order valence-electron chi connectivity index (χ2n) is 6.59. The van der Waals surface area contributed by atoms with Gasteiger partial charge in [-0.3, -0.25) is 14.5 Å². The van der Waals surface area contributed by atoms with Gasteiger partial charge in [-0.15, -0.1) is 24.0 Å². The van der Waals surface area contributed by atoms with Crippen molar-refractivity contribution in [2.75, 3.05) is 20.1 Å². The molecule has 1 heterocycles. The number of hydrogen-bond acceptors (Lipinski definition) is 3. The molecule has 3 aromatic rings. The molecule has 0 unspecified atom stereocenters. The first-order chi connectivity index (χ1) is 14.7. The van der Waals surface area contributed by atoms with E-state index < -0.39 is 0 Å². The lowest BCUT2D eigenvalue weighted by Crippen LogP contribution is -2.41. The minimum absolute atomic E-state index is 0. The topological polar surface area (TPSA) is 83.3 Å². The number of aliphatic imine (C=N–C) groups is 1. The third-order valence-electron chi connectivity index (χ3n) is 4.49. The molecule has 7 nitrogen and oxygen atoms in total. The Kier molecular flexibility index (Phi) is 10.3. The maximum Gasteiger partial charge on any atom is 0.251 e. The zero-order chi connectivity index (χ0) is 21.2. The van der Waals surface area contributed by atoms with Crippen molar-refractivity contribution in [2.45, 2.75) is 13.1 Å². The van der Waals surface area contributed by atoms with E-state index in [4.69, 9.17) is 11.6 Å². The van der Waals surface area contributed by atoms with Crippen LogP contribution in [0, 0.1) is 0 Å². The lowest BCUT2D eigenvalue weighted by molar-refractivity contribution is 0.0954. The molecule has 0 radical (unpaired) electrons. The Labute approximate surface area is 204 Å². The van der Waals surface area contributed by atoms with Gasteiger partial charge in [0.25, 0.3) is 5.91 Å². The molecule has 164 valence electrons. The van der Waals surface area contributed by atoms with Crippen LogP contribution in [0.25, 0.3) is 0 Å². The number of hydrogen-bond donors (Lipinski definition) is 3. The monoisotopic (exact) mass is 552 g/mol. The molecule has 0 spiro atoms. The summed E-state index contributed by atoms with van der Waals surface area (Å²) < 4.78 is 1.90. The van der Waals surface area contributed by atoms with Gasteiger partial charge in [-0.1, -0.05) is 35.9 Å². The molecule has 0 fully saturated rings. The van der Waals surface area contributed by atoms with Crippen molar-refractivity contribution < 1.29 is 4.79 Å². The van der Waals surface area contributed by atoms with Gasteiger partial charge in [0.2, 0.25) is 0 Å². The fourth-order valence-electron chi connectivity index (χ4n) is 2.91. The highest BCUT2D eigenvalue weighted by atomic mass is 127. The van der Waals surface area contributed by atoms with Crippen LogP contribution in [0.3, 0.4) is 0 Å². The number of halogens is 2. The summed E-state index contributed by atoms with van der Waals surface area (Å²) in [4.78, 5) is 16.4. The maximum atomic E-state index is 12.1. The molecular weight excluding hydrogens is 527 g/mol. The highest BCUT2D eigenvalue weighted by Crippen LogP contribution is 2.10. The Bertz CT molecular complexity index is 976. The largest absolute Gasteiger partial charge is 0.355 e. The molecular formula is C22H26ClIN6O. The average molecular weight is 553 g/mol. The summed E-state index contributed by atoms with van der Waals surface area (Å²) in [7, 11) is 1.72. The van der Waals surface area contributed by atoms with Crippen LogP contribution in [0.15, 0.2) is 72.0 Å². The molecule has 3 rings (SSSR count). The molecule has 31 heavy (non-hydrogen) atoms. The van der Waals surface area contributed by atoms with E-state index in [1.165, 1.54) is 11.1 Å². The van der Waals surface area contributed by atoms with Crippen LogP contribution < -0.4 is 16.0 Å². The summed E-state index contributed by atoms with van der Waals surface area (Å²) in [5.41, 5.74) is 2.95. The standard InChI is InChI=1S/C22H25ClN6O.HI/c1-24-22(26-13-12-25-21(30)17-7-9-20(23)10-8-17)27-15-18-5-2-3-6-19(18)16-29-14-4-11-28-29;/h2-11,14H,12-13,15-16H2,1H3,(H,25,30)(H2,24,26,27);1H. The fourth-order valence-corrected chi connectivity index (χ4v) is 3.04. The molecule has 0 aliphatic rings. The van der Waals surface area contributed by atoms with E-state index >= 15 is 0 Å². The number of aromatic nitrogens is 2. The molecule has 2 aromatic carbocycles. The van der Waals surface area contributed by atoms with Gasteiger partial charge in [0.15, 0.2) is 5.96 Å². The molecule has 0 aliphatic heterocycles. The van der Waals surface area contributed by atoms with Gasteiger partial charge >= 0.3 is 0 Å². The van der Waals surface area contributed by atoms with Crippen LogP contribution in [-0.2, 0) is 13.1 Å². The number of rotatable bonds is 8. The SMILES string of the molecule is CN=C(NCCNC(=O)c1ccc(Cl)cc1)NCc1ccccc1Cn1cccn1.I. The van der Waals surface area contributed by atoms with E-state index in [0.717, 1.165) is 0 Å². The van der Waals surface area contributed by atoms with Gasteiger partial charge in [0, 0.05) is 49.7 Å². The summed E-state index contributed by atoms with van der Waals surface area (Å²) in [5, 5.41) is 14.3. The molecule has 0 saturated carbocycles. The number of carbonyl (C=O) groups is 1. The van der Waals surface area contributed by atoms with Gasteiger partial charge in [-0.05, 0) is 41.5 Å². The predicted octanol–water partition coefficient (Wildman–Crippen LogP) is 3.30. The minimum Gasteiger partial charge on any atom is -0.355 e. The van der Waals surface area contributed by atoms with Crippen LogP contribution in [0.4, 0.5) is 0 Å². The second kappa shape index (κ2) is 13.0. The van der Waals surface area contributed by atoms with Crippen LogP contribution in [0.2, 0.25) is 5.02 Å². The average Bonchev–Trinajstić information content (AvgIpc) is 3.27. The predicted molar refractivity (Wildman–Crippen MR) is 135 cm³/mol. The quantitative estimate of drug-likeness (QED) is 0.173. The van der Waals surface area contributed by atoms with Crippen LogP contribution in [-0.4, -0.2) is 41.8 Å². The van der Waals surface area contributed by atoms with E-state index in [9.17, 15) is 4.79 Å². The lowest BCUT2D eigenvalue weighted by atomic mass is 10.1. The van der Waals surface area contributed by atoms with Crippen molar-refractivity contribution in [1.29, 1.82) is 0 Å². The number of guanidine groups is 1. The number of nitrogens with zero attached hydrogens (tertiary/aromatic N) is 3. The van der Waals surface area contributed by atoms with E-state index in [-0.39, 0.29) is 29.9 Å². The first kappa shape index (κ1) is 24.7. The van der Waals surface area contributed by atoms with Crippen molar-refractivity contribution in [3.63, 3.8) is 0 Å². The minimum atomic E-state index is -0.135. The zero-order valence-corrected chi connectivity index (χ0v) is 20.3. The maximum absolute atomic E-state index is 12.1. The summed E-state index contributed by atoms with van der Waals surface area (Å²) in [6, 6.07) is 16.9. The molecule has 0 aliphatic carbocycles. The van der Waals surface area contributed by atoms with Gasteiger partial charge in [-0.25, -0.2) is 0 Å². The van der Waals surface area contributed by atoms with Gasteiger partial charge in [0.1, 0.15) is 0 Å². The van der Waals surface area contributed by atoms with Gasteiger partial charge in [-0.2, -0.15) is 5.10 Å². The third kappa shape index (κ3) is 7.87. The summed E-state index contributed by atoms with van der Waals surface area (Å²) >= 11 is 5.85. The number of amides is 1. The Balaban J connectivity index is 0.00000341. The molecule has 1 aromatic heterocycles. The molecule has 0 saturated heterocycles. The van der Waals surface area contributed by atoms with Crippen LogP contribution in [0.1, 0.15) is 21.5 Å². The smallest absolute Gasteiger partial charge is 0.251 e. The second-order valence-corrected chi connectivity index (χ2v) is 7.02. The zero-order valence-electron chi connectivity index (χ0n) is 17.2. The van der Waals surface area contributed by atoms with E-state index in [0.29, 0.717) is 42.7 Å². The first-order valence-electron chi connectivity index (χ1n) is 9.68. The Morgan fingerprint density at radius 3 is 2.39 bits per heavy atom. The number of carbonyl (C=O) groups excluding carboxylic acids is 1. The van der Waals surface area contributed by atoms with Crippen molar-refractivity contribution in [3.8, 4) is 0 Å². The number of benzene rings is 2. The molecule has 3 N–H and O–H groups in total. The Hall–Kier alpha value is -2.59. The number of nitrogens with one attached hydrogen (secondary N) is 3. The lowest BCUT2D eigenvalue weighted by Gasteiger charge is -2.14. The van der Waals surface area contributed by atoms with Crippen molar-refractivity contribution >= 4 is 47.4 Å². The molecule has 9 heteroatoms.